The van der Waals surface area contributed by atoms with E-state index in [-0.39, 0.29) is 4.92 Å². The fraction of sp³-hybridized carbons (Fsp3) is 1.00. The van der Waals surface area contributed by atoms with Gasteiger partial charge in [-0.15, -0.1) is 0 Å². The van der Waals surface area contributed by atoms with Gasteiger partial charge in [0.15, 0.2) is 0 Å². The first-order valence-corrected chi connectivity index (χ1v) is 4.46. The summed E-state index contributed by atoms with van der Waals surface area (Å²) in [5.74, 6) is 0. The minimum atomic E-state index is -1.04. The summed E-state index contributed by atoms with van der Waals surface area (Å²) in [6.45, 7) is 1.81. The highest BCUT2D eigenvalue weighted by Crippen LogP contribution is 2.32. The van der Waals surface area contributed by atoms with Crippen molar-refractivity contribution < 1.29 is 10.0 Å². The van der Waals surface area contributed by atoms with Gasteiger partial charge in [-0.3, -0.25) is 10.1 Å². The minimum Gasteiger partial charge on any atom is -0.383 e. The van der Waals surface area contributed by atoms with Gasteiger partial charge >= 0.3 is 0 Å². The van der Waals surface area contributed by atoms with E-state index in [0.29, 0.717) is 19.3 Å². The van der Waals surface area contributed by atoms with E-state index < -0.39 is 11.6 Å². The SMILES string of the molecule is CCC1(O)CCCCC1[N+](=O)[O-]. The van der Waals surface area contributed by atoms with Crippen LogP contribution < -0.4 is 0 Å². The Morgan fingerprint density at radius 1 is 1.67 bits per heavy atom. The van der Waals surface area contributed by atoms with Gasteiger partial charge in [0.1, 0.15) is 5.60 Å². The van der Waals surface area contributed by atoms with Crippen LogP contribution in [-0.2, 0) is 0 Å². The molecule has 70 valence electrons. The zero-order valence-corrected chi connectivity index (χ0v) is 7.32. The third-order valence-corrected chi connectivity index (χ3v) is 2.82. The van der Waals surface area contributed by atoms with Crippen molar-refractivity contribution in [2.75, 3.05) is 0 Å². The van der Waals surface area contributed by atoms with Gasteiger partial charge in [0.25, 0.3) is 0 Å². The number of hydrogen-bond donors (Lipinski definition) is 1. The van der Waals surface area contributed by atoms with Crippen molar-refractivity contribution in [3.63, 3.8) is 0 Å². The Balaban J connectivity index is 2.73. The second kappa shape index (κ2) is 3.39. The van der Waals surface area contributed by atoms with Crippen molar-refractivity contribution in [3.05, 3.63) is 10.1 Å². The predicted molar refractivity (Wildman–Crippen MR) is 44.5 cm³/mol. The monoisotopic (exact) mass is 173 g/mol. The van der Waals surface area contributed by atoms with Crippen molar-refractivity contribution in [2.45, 2.75) is 50.7 Å². The van der Waals surface area contributed by atoms with Gasteiger partial charge in [0.2, 0.25) is 6.04 Å². The molecular weight excluding hydrogens is 158 g/mol. The maximum atomic E-state index is 10.6. The molecule has 4 heteroatoms. The molecule has 0 radical (unpaired) electrons. The van der Waals surface area contributed by atoms with E-state index in [4.69, 9.17) is 0 Å². The second-order valence-corrected chi connectivity index (χ2v) is 3.50. The predicted octanol–water partition coefficient (Wildman–Crippen LogP) is 1.35. The number of nitrogens with zero attached hydrogens (tertiary/aromatic N) is 1. The zero-order valence-electron chi connectivity index (χ0n) is 7.32. The molecule has 2 unspecified atom stereocenters. The maximum absolute atomic E-state index is 10.6. The molecule has 0 amide bonds. The molecule has 1 fully saturated rings. The molecule has 0 bridgehead atoms. The zero-order chi connectivity index (χ0) is 9.19. The highest BCUT2D eigenvalue weighted by molar-refractivity contribution is 4.89. The molecule has 0 aromatic carbocycles. The van der Waals surface area contributed by atoms with Crippen LogP contribution in [0.15, 0.2) is 0 Å². The molecular formula is C8H15NO3. The van der Waals surface area contributed by atoms with Crippen LogP contribution in [-0.4, -0.2) is 21.7 Å². The first-order chi connectivity index (χ1) is 5.60. The van der Waals surface area contributed by atoms with E-state index in [2.05, 4.69) is 0 Å². The van der Waals surface area contributed by atoms with Crippen molar-refractivity contribution in [1.82, 2.24) is 0 Å². The number of aliphatic hydroxyl groups is 1. The molecule has 1 saturated carbocycles. The van der Waals surface area contributed by atoms with Crippen molar-refractivity contribution in [3.8, 4) is 0 Å². The molecule has 0 aromatic rings. The van der Waals surface area contributed by atoms with E-state index in [1.54, 1.807) is 0 Å². The summed E-state index contributed by atoms with van der Waals surface area (Å²) in [6, 6.07) is -0.740. The Hall–Kier alpha value is -0.640. The molecule has 1 aliphatic rings. The standard InChI is InChI=1S/C8H15NO3/c1-2-8(10)6-4-3-5-7(8)9(11)12/h7,10H,2-6H2,1H3. The average Bonchev–Trinajstić information content (AvgIpc) is 2.05. The first kappa shape index (κ1) is 9.45. The Bertz CT molecular complexity index is 183. The molecule has 1 aliphatic carbocycles. The lowest BCUT2D eigenvalue weighted by atomic mass is 9.79. The van der Waals surface area contributed by atoms with E-state index in [1.807, 2.05) is 6.92 Å². The molecule has 12 heavy (non-hydrogen) atoms. The normalized spacial score (nSPS) is 36.3. The lowest BCUT2D eigenvalue weighted by molar-refractivity contribution is -0.550. The largest absolute Gasteiger partial charge is 0.383 e. The highest BCUT2D eigenvalue weighted by atomic mass is 16.6. The summed E-state index contributed by atoms with van der Waals surface area (Å²) < 4.78 is 0. The average molecular weight is 173 g/mol. The Kier molecular flexibility index (Phi) is 2.67. The van der Waals surface area contributed by atoms with Gasteiger partial charge in [-0.05, 0) is 19.3 Å². The minimum absolute atomic E-state index is 0.331. The van der Waals surface area contributed by atoms with E-state index in [1.165, 1.54) is 0 Å². The summed E-state index contributed by atoms with van der Waals surface area (Å²) in [7, 11) is 0. The van der Waals surface area contributed by atoms with Crippen LogP contribution in [0.1, 0.15) is 39.0 Å². The number of nitro groups is 1. The van der Waals surface area contributed by atoms with Crippen LogP contribution in [0.25, 0.3) is 0 Å². The van der Waals surface area contributed by atoms with Crippen LogP contribution in [0.4, 0.5) is 0 Å². The molecule has 4 nitrogen and oxygen atoms in total. The highest BCUT2D eigenvalue weighted by Gasteiger charge is 2.45. The maximum Gasteiger partial charge on any atom is 0.241 e. The number of rotatable bonds is 2. The lowest BCUT2D eigenvalue weighted by Crippen LogP contribution is -2.48. The first-order valence-electron chi connectivity index (χ1n) is 4.46. The van der Waals surface area contributed by atoms with E-state index in [0.717, 1.165) is 12.8 Å². The van der Waals surface area contributed by atoms with Crippen LogP contribution in [0.3, 0.4) is 0 Å². The molecule has 0 spiro atoms. The second-order valence-electron chi connectivity index (χ2n) is 3.50. The molecule has 0 saturated heterocycles. The smallest absolute Gasteiger partial charge is 0.241 e. The molecule has 1 N–H and O–H groups in total. The summed E-state index contributed by atoms with van der Waals surface area (Å²) in [6.07, 6.45) is 3.37. The molecule has 1 rings (SSSR count). The Morgan fingerprint density at radius 2 is 2.33 bits per heavy atom. The van der Waals surface area contributed by atoms with Gasteiger partial charge in [-0.2, -0.15) is 0 Å². The quantitative estimate of drug-likeness (QED) is 0.506. The van der Waals surface area contributed by atoms with Gasteiger partial charge in [0, 0.05) is 11.3 Å². The molecule has 0 heterocycles. The van der Waals surface area contributed by atoms with Gasteiger partial charge in [-0.25, -0.2) is 0 Å². The summed E-state index contributed by atoms with van der Waals surface area (Å²) in [4.78, 5) is 10.2. The van der Waals surface area contributed by atoms with Gasteiger partial charge in [-0.1, -0.05) is 13.3 Å². The van der Waals surface area contributed by atoms with Crippen LogP contribution in [0.2, 0.25) is 0 Å². The Morgan fingerprint density at radius 3 is 2.75 bits per heavy atom. The summed E-state index contributed by atoms with van der Waals surface area (Å²) in [5, 5.41) is 20.4. The summed E-state index contributed by atoms with van der Waals surface area (Å²) >= 11 is 0. The van der Waals surface area contributed by atoms with Gasteiger partial charge in [0.05, 0.1) is 0 Å². The van der Waals surface area contributed by atoms with Crippen molar-refractivity contribution in [1.29, 1.82) is 0 Å². The summed E-state index contributed by atoms with van der Waals surface area (Å²) in [5.41, 5.74) is -1.04. The van der Waals surface area contributed by atoms with E-state index >= 15 is 0 Å². The fourth-order valence-electron chi connectivity index (χ4n) is 1.92. The van der Waals surface area contributed by atoms with Crippen molar-refractivity contribution >= 4 is 0 Å². The third-order valence-electron chi connectivity index (χ3n) is 2.82. The third kappa shape index (κ3) is 1.58. The van der Waals surface area contributed by atoms with Crippen molar-refractivity contribution in [2.24, 2.45) is 0 Å². The molecule has 2 atom stereocenters. The Labute approximate surface area is 71.7 Å². The fourth-order valence-corrected chi connectivity index (χ4v) is 1.92. The van der Waals surface area contributed by atoms with E-state index in [9.17, 15) is 15.2 Å². The molecule has 0 aliphatic heterocycles. The lowest BCUT2D eigenvalue weighted by Gasteiger charge is -2.33. The number of hydrogen-bond acceptors (Lipinski definition) is 3. The van der Waals surface area contributed by atoms with Crippen LogP contribution in [0, 0.1) is 10.1 Å². The van der Waals surface area contributed by atoms with Crippen LogP contribution in [0.5, 0.6) is 0 Å². The topological polar surface area (TPSA) is 63.4 Å². The van der Waals surface area contributed by atoms with Crippen LogP contribution >= 0.6 is 0 Å². The van der Waals surface area contributed by atoms with Gasteiger partial charge < -0.3 is 5.11 Å². The molecule has 0 aromatic heterocycles.